The van der Waals surface area contributed by atoms with E-state index < -0.39 is 18.9 Å². The fourth-order valence-corrected chi connectivity index (χ4v) is 2.87. The van der Waals surface area contributed by atoms with Crippen LogP contribution >= 0.6 is 0 Å². The van der Waals surface area contributed by atoms with Gasteiger partial charge in [0.25, 0.3) is 0 Å². The molecule has 0 amide bonds. The molecule has 1 aliphatic heterocycles. The maximum Gasteiger partial charge on any atom is 0.526 e. The molecule has 1 atom stereocenters. The van der Waals surface area contributed by atoms with E-state index in [4.69, 9.17) is 9.76 Å². The zero-order valence-corrected chi connectivity index (χ0v) is 13.9. The molecular formula is C17H19BO7. The van der Waals surface area contributed by atoms with Gasteiger partial charge in [0.2, 0.25) is 0 Å². The molecule has 25 heavy (non-hydrogen) atoms. The van der Waals surface area contributed by atoms with Crippen LogP contribution in [-0.4, -0.2) is 40.6 Å². The molecular weight excluding hydrogens is 327 g/mol. The van der Waals surface area contributed by atoms with Crippen molar-refractivity contribution in [1.29, 1.82) is 0 Å². The summed E-state index contributed by atoms with van der Waals surface area (Å²) in [7, 11) is -1.29. The molecule has 1 heterocycles. The zero-order valence-electron chi connectivity index (χ0n) is 13.9. The van der Waals surface area contributed by atoms with Crippen LogP contribution in [-0.2, 0) is 20.8 Å². The topological polar surface area (TPSA) is 118 Å². The van der Waals surface area contributed by atoms with Gasteiger partial charge in [-0.2, -0.15) is 0 Å². The predicted octanol–water partition coefficient (Wildman–Crippen LogP) is 1.46. The second kappa shape index (κ2) is 8.07. The van der Waals surface area contributed by atoms with Crippen LogP contribution in [0.1, 0.15) is 48.5 Å². The Hall–Kier alpha value is -2.48. The minimum Gasteiger partial charge on any atom is -0.535 e. The number of hydrogen-bond acceptors (Lipinski definition) is 6. The second-order valence-corrected chi connectivity index (χ2v) is 6.23. The molecule has 0 fully saturated rings. The number of carboxylic acid groups (broad SMARTS) is 1. The monoisotopic (exact) mass is 346 g/mol. The molecule has 8 heteroatoms. The highest BCUT2D eigenvalue weighted by Crippen LogP contribution is 2.36. The highest BCUT2D eigenvalue weighted by molar-refractivity contribution is 6.47. The van der Waals surface area contributed by atoms with Crippen molar-refractivity contribution in [1.82, 2.24) is 0 Å². The van der Waals surface area contributed by atoms with E-state index in [-0.39, 0.29) is 54.3 Å². The van der Waals surface area contributed by atoms with E-state index in [1.807, 2.05) is 0 Å². The number of para-hydroxylation sites is 1. The van der Waals surface area contributed by atoms with Crippen LogP contribution in [0.5, 0.6) is 5.75 Å². The van der Waals surface area contributed by atoms with E-state index in [0.29, 0.717) is 12.0 Å². The fourth-order valence-electron chi connectivity index (χ4n) is 2.87. The lowest BCUT2D eigenvalue weighted by Gasteiger charge is -2.28. The molecule has 2 N–H and O–H groups in total. The first kappa shape index (κ1) is 18.9. The smallest absolute Gasteiger partial charge is 0.526 e. The van der Waals surface area contributed by atoms with Crippen molar-refractivity contribution in [3.63, 3.8) is 0 Å². The molecule has 0 aliphatic carbocycles. The minimum atomic E-state index is -1.29. The van der Waals surface area contributed by atoms with Gasteiger partial charge in [0, 0.05) is 25.1 Å². The maximum absolute atomic E-state index is 12.0. The molecule has 0 bridgehead atoms. The Balaban J connectivity index is 1.97. The first-order valence-electron chi connectivity index (χ1n) is 8.00. The van der Waals surface area contributed by atoms with Crippen molar-refractivity contribution >= 4 is 30.4 Å². The predicted molar refractivity (Wildman–Crippen MR) is 88.6 cm³/mol. The Kier molecular flexibility index (Phi) is 6.09. The third kappa shape index (κ3) is 5.00. The highest BCUT2D eigenvalue weighted by Gasteiger charge is 2.37. The average Bonchev–Trinajstić information content (AvgIpc) is 2.52. The van der Waals surface area contributed by atoms with E-state index in [0.717, 1.165) is 0 Å². The molecule has 1 aromatic carbocycles. The van der Waals surface area contributed by atoms with Gasteiger partial charge in [0.1, 0.15) is 23.1 Å². The van der Waals surface area contributed by atoms with Crippen LogP contribution in [0.2, 0.25) is 5.82 Å². The quantitative estimate of drug-likeness (QED) is 0.540. The standard InChI is InChI=1S/C17H19BO7/c1-10(19)7-13(20)5-6-14(21)9-12-8-11-3-2-4-15(17(22)23)16(11)25-18(12)24/h2-4,12,24H,5-9H2,1H3,(H,22,23)/t12-/m1/s1. The Bertz CT molecular complexity index is 713. The number of carboxylic acids is 1. The van der Waals surface area contributed by atoms with Crippen molar-refractivity contribution in [2.75, 3.05) is 0 Å². The molecule has 0 spiro atoms. The van der Waals surface area contributed by atoms with Gasteiger partial charge in [0.15, 0.2) is 0 Å². The summed E-state index contributed by atoms with van der Waals surface area (Å²) in [6.45, 7) is 1.32. The highest BCUT2D eigenvalue weighted by atomic mass is 16.5. The number of fused-ring (bicyclic) bond motifs is 1. The molecule has 1 aliphatic rings. The minimum absolute atomic E-state index is 0.00182. The van der Waals surface area contributed by atoms with Gasteiger partial charge in [-0.3, -0.25) is 14.4 Å². The number of rotatable bonds is 8. The third-order valence-electron chi connectivity index (χ3n) is 4.07. The van der Waals surface area contributed by atoms with Crippen LogP contribution in [0, 0.1) is 0 Å². The van der Waals surface area contributed by atoms with Gasteiger partial charge in [-0.05, 0) is 25.0 Å². The van der Waals surface area contributed by atoms with Crippen LogP contribution in [0.25, 0.3) is 0 Å². The van der Waals surface area contributed by atoms with Crippen molar-refractivity contribution < 1.29 is 34.0 Å². The summed E-state index contributed by atoms with van der Waals surface area (Å²) in [5, 5.41) is 19.2. The van der Waals surface area contributed by atoms with E-state index in [1.54, 1.807) is 12.1 Å². The van der Waals surface area contributed by atoms with Crippen molar-refractivity contribution in [2.45, 2.75) is 44.8 Å². The lowest BCUT2D eigenvalue weighted by Crippen LogP contribution is -2.35. The maximum atomic E-state index is 12.0. The molecule has 0 aromatic heterocycles. The lowest BCUT2D eigenvalue weighted by molar-refractivity contribution is -0.128. The van der Waals surface area contributed by atoms with Gasteiger partial charge >= 0.3 is 13.1 Å². The van der Waals surface area contributed by atoms with Crippen LogP contribution in [0.4, 0.5) is 0 Å². The number of aromatic carboxylic acids is 1. The van der Waals surface area contributed by atoms with Gasteiger partial charge in [-0.25, -0.2) is 4.79 Å². The summed E-state index contributed by atoms with van der Waals surface area (Å²) in [4.78, 5) is 45.6. The van der Waals surface area contributed by atoms with Crippen LogP contribution in [0.15, 0.2) is 18.2 Å². The van der Waals surface area contributed by atoms with Crippen molar-refractivity contribution in [3.05, 3.63) is 29.3 Å². The first-order chi connectivity index (χ1) is 11.8. The fraction of sp³-hybridized carbons (Fsp3) is 0.412. The van der Waals surface area contributed by atoms with Gasteiger partial charge in [-0.1, -0.05) is 12.1 Å². The van der Waals surface area contributed by atoms with Gasteiger partial charge in [-0.15, -0.1) is 0 Å². The summed E-state index contributed by atoms with van der Waals surface area (Å²) in [6, 6.07) is 4.67. The Labute approximate surface area is 145 Å². The molecule has 2 rings (SSSR count). The molecule has 0 saturated heterocycles. The summed E-state index contributed by atoms with van der Waals surface area (Å²) in [6.07, 6.45) is 0.170. The molecule has 1 aromatic rings. The van der Waals surface area contributed by atoms with Crippen LogP contribution < -0.4 is 4.65 Å². The Morgan fingerprint density at radius 1 is 1.20 bits per heavy atom. The average molecular weight is 346 g/mol. The lowest BCUT2D eigenvalue weighted by atomic mass is 9.64. The third-order valence-corrected chi connectivity index (χ3v) is 4.07. The van der Waals surface area contributed by atoms with E-state index in [2.05, 4.69) is 0 Å². The van der Waals surface area contributed by atoms with E-state index >= 15 is 0 Å². The number of carbonyl (C=O) groups excluding carboxylic acids is 3. The summed E-state index contributed by atoms with van der Waals surface area (Å²) in [5.74, 6) is -2.25. The SMILES string of the molecule is CC(=O)CC(=O)CCC(=O)C[C@H]1Cc2cccc(C(=O)O)c2OB1O. The summed E-state index contributed by atoms with van der Waals surface area (Å²) in [5.41, 5.74) is 0.590. The number of carbonyl (C=O) groups is 4. The summed E-state index contributed by atoms with van der Waals surface area (Å²) >= 11 is 0. The van der Waals surface area contributed by atoms with Gasteiger partial charge in [0.05, 0.1) is 12.0 Å². The zero-order chi connectivity index (χ0) is 18.6. The molecule has 132 valence electrons. The largest absolute Gasteiger partial charge is 0.535 e. The Morgan fingerprint density at radius 3 is 2.52 bits per heavy atom. The van der Waals surface area contributed by atoms with E-state index in [9.17, 15) is 24.2 Å². The van der Waals surface area contributed by atoms with Crippen molar-refractivity contribution in [2.24, 2.45) is 0 Å². The number of hydrogen-bond donors (Lipinski definition) is 2. The molecule has 7 nitrogen and oxygen atoms in total. The van der Waals surface area contributed by atoms with Gasteiger partial charge < -0.3 is 14.8 Å². The normalized spacial score (nSPS) is 15.9. The number of Topliss-reactive ketones (excluding diaryl/α,β-unsaturated/α-hetero) is 3. The number of benzene rings is 1. The van der Waals surface area contributed by atoms with Crippen LogP contribution in [0.3, 0.4) is 0 Å². The first-order valence-corrected chi connectivity index (χ1v) is 8.00. The van der Waals surface area contributed by atoms with Crippen molar-refractivity contribution in [3.8, 4) is 5.75 Å². The van der Waals surface area contributed by atoms with E-state index in [1.165, 1.54) is 13.0 Å². The second-order valence-electron chi connectivity index (χ2n) is 6.23. The Morgan fingerprint density at radius 2 is 1.88 bits per heavy atom. The summed E-state index contributed by atoms with van der Waals surface area (Å²) < 4.78 is 5.33. The molecule has 0 radical (unpaired) electrons. The molecule has 0 saturated carbocycles. The number of ketones is 3. The molecule has 0 unspecified atom stereocenters.